The van der Waals surface area contributed by atoms with Crippen LogP contribution in [0.25, 0.3) is 0 Å². The zero-order valence-corrected chi connectivity index (χ0v) is 7.09. The summed E-state index contributed by atoms with van der Waals surface area (Å²) in [6.45, 7) is 0. The first-order chi connectivity index (χ1) is 4.18. The van der Waals surface area contributed by atoms with E-state index in [1.165, 1.54) is 0 Å². The van der Waals surface area contributed by atoms with E-state index in [0.29, 0.717) is 0 Å². The molecule has 0 rings (SSSR count). The molecule has 0 atom stereocenters. The molecule has 0 aromatic carbocycles. The summed E-state index contributed by atoms with van der Waals surface area (Å²) in [6.07, 6.45) is -0.0734. The maximum absolute atomic E-state index is 10.2. The van der Waals surface area contributed by atoms with Gasteiger partial charge in [-0.25, -0.2) is 0 Å². The van der Waals surface area contributed by atoms with Gasteiger partial charge in [-0.05, 0) is 0 Å². The molecule has 4 nitrogen and oxygen atoms in total. The molecule has 9 heavy (non-hydrogen) atoms. The van der Waals surface area contributed by atoms with Gasteiger partial charge >= 0.3 is 61.9 Å². The summed E-state index contributed by atoms with van der Waals surface area (Å²) >= 11 is -1.48. The van der Waals surface area contributed by atoms with E-state index in [1.54, 1.807) is 0 Å². The molecule has 0 unspecified atom stereocenters. The molecule has 0 heterocycles. The number of carboxylic acid groups (broad SMARTS) is 1. The van der Waals surface area contributed by atoms with Crippen LogP contribution in [0, 0.1) is 0 Å². The van der Waals surface area contributed by atoms with E-state index < -0.39 is 33.4 Å². The second kappa shape index (κ2) is 4.62. The Morgan fingerprint density at radius 2 is 2.00 bits per heavy atom. The van der Waals surface area contributed by atoms with Crippen molar-refractivity contribution in [2.24, 2.45) is 0 Å². The minimum atomic E-state index is -1.48. The molecule has 0 spiro atoms. The number of hydrogen-bond acceptors (Lipinski definition) is 3. The number of aliphatic carboxylic acids is 1. The van der Waals surface area contributed by atoms with Gasteiger partial charge < -0.3 is 0 Å². The Hall–Kier alpha value is -0.242. The van der Waals surface area contributed by atoms with Crippen LogP contribution in [0.2, 0.25) is 4.37 Å². The van der Waals surface area contributed by atoms with E-state index in [0.717, 1.165) is 0 Å². The zero-order chi connectivity index (χ0) is 7.28. The Kier molecular flexibility index (Phi) is 4.50. The molecule has 0 aliphatic carbocycles. The first-order valence-corrected chi connectivity index (χ1v) is 5.08. The fourth-order valence-electron chi connectivity index (χ4n) is 0.254. The molecule has 0 radical (unpaired) electrons. The molecule has 0 bridgehead atoms. The van der Waals surface area contributed by atoms with E-state index in [2.05, 4.69) is 0 Å². The second-order valence-electron chi connectivity index (χ2n) is 1.33. The SMILES string of the molecule is [O]=[Sb][CH2]CC(=O)C(=O)O. The van der Waals surface area contributed by atoms with Gasteiger partial charge in [0.2, 0.25) is 0 Å². The molecule has 1 N–H and O–H groups in total. The van der Waals surface area contributed by atoms with Crippen molar-refractivity contribution in [3.63, 3.8) is 0 Å². The van der Waals surface area contributed by atoms with Crippen molar-refractivity contribution in [3.05, 3.63) is 0 Å². The fourth-order valence-corrected chi connectivity index (χ4v) is 1.09. The van der Waals surface area contributed by atoms with Crippen LogP contribution in [0.15, 0.2) is 0 Å². The van der Waals surface area contributed by atoms with Crippen molar-refractivity contribution >= 4 is 33.4 Å². The molecule has 0 saturated heterocycles. The van der Waals surface area contributed by atoms with Gasteiger partial charge in [-0.3, -0.25) is 0 Å². The van der Waals surface area contributed by atoms with Crippen molar-refractivity contribution in [2.75, 3.05) is 0 Å². The summed E-state index contributed by atoms with van der Waals surface area (Å²) in [4.78, 5) is 20.0. The van der Waals surface area contributed by atoms with Crippen molar-refractivity contribution in [2.45, 2.75) is 10.8 Å². The van der Waals surface area contributed by atoms with E-state index in [9.17, 15) is 12.6 Å². The van der Waals surface area contributed by atoms with Gasteiger partial charge in [-0.15, -0.1) is 0 Å². The van der Waals surface area contributed by atoms with E-state index in [-0.39, 0.29) is 10.8 Å². The molecule has 0 aromatic heterocycles. The van der Waals surface area contributed by atoms with Crippen LogP contribution in [0.3, 0.4) is 0 Å². The topological polar surface area (TPSA) is 71.4 Å². The quantitative estimate of drug-likeness (QED) is 0.530. The molecule has 0 saturated carbocycles. The third-order valence-electron chi connectivity index (χ3n) is 0.669. The predicted octanol–water partition coefficient (Wildman–Crippen LogP) is -0.502. The number of carboxylic acids is 1. The van der Waals surface area contributed by atoms with Crippen molar-refractivity contribution in [1.29, 1.82) is 0 Å². The molecular formula is C4H5O4Sb. The van der Waals surface area contributed by atoms with Crippen LogP contribution in [0.4, 0.5) is 0 Å². The molecule has 0 aliphatic heterocycles. The predicted molar refractivity (Wildman–Crippen MR) is 28.5 cm³/mol. The van der Waals surface area contributed by atoms with Gasteiger partial charge in [0.05, 0.1) is 0 Å². The Labute approximate surface area is 62.2 Å². The standard InChI is InChI=1S/C4H5O3.O.Sb/c1-2-3(5)4(6)7;;/h1-2H2,(H,6,7);;. The average molecular weight is 239 g/mol. The summed E-state index contributed by atoms with van der Waals surface area (Å²) in [5.74, 6) is -2.28. The van der Waals surface area contributed by atoms with Gasteiger partial charge in [-0.1, -0.05) is 0 Å². The Morgan fingerprint density at radius 1 is 1.44 bits per heavy atom. The van der Waals surface area contributed by atoms with Crippen LogP contribution >= 0.6 is 0 Å². The molecule has 50 valence electrons. The minimum absolute atomic E-state index is 0.0734. The number of hydrogen-bond donors (Lipinski definition) is 1. The van der Waals surface area contributed by atoms with Gasteiger partial charge in [-0.2, -0.15) is 0 Å². The maximum atomic E-state index is 10.2. The number of carbonyl (C=O) groups is 2. The number of rotatable bonds is 4. The van der Waals surface area contributed by atoms with E-state index in [1.807, 2.05) is 0 Å². The Balaban J connectivity index is 3.51. The fraction of sp³-hybridized carbons (Fsp3) is 0.500. The van der Waals surface area contributed by atoms with Crippen LogP contribution in [-0.2, 0) is 12.6 Å². The van der Waals surface area contributed by atoms with Crippen molar-refractivity contribution in [1.82, 2.24) is 0 Å². The molecule has 0 fully saturated rings. The Morgan fingerprint density at radius 3 is 2.33 bits per heavy atom. The van der Waals surface area contributed by atoms with Gasteiger partial charge in [0.1, 0.15) is 0 Å². The first kappa shape index (κ1) is 8.76. The van der Waals surface area contributed by atoms with Gasteiger partial charge in [0.25, 0.3) is 0 Å². The summed E-state index contributed by atoms with van der Waals surface area (Å²) < 4.78 is 10.1. The summed E-state index contributed by atoms with van der Waals surface area (Å²) in [6, 6.07) is 0. The van der Waals surface area contributed by atoms with Crippen LogP contribution in [0.1, 0.15) is 6.42 Å². The molecule has 5 heteroatoms. The monoisotopic (exact) mass is 238 g/mol. The van der Waals surface area contributed by atoms with E-state index >= 15 is 0 Å². The van der Waals surface area contributed by atoms with Crippen molar-refractivity contribution < 1.29 is 17.7 Å². The zero-order valence-electron chi connectivity index (χ0n) is 4.53. The van der Waals surface area contributed by atoms with Gasteiger partial charge in [0, 0.05) is 0 Å². The summed E-state index contributed by atoms with van der Waals surface area (Å²) in [5, 5.41) is 7.97. The molecule has 0 amide bonds. The normalized spacial score (nSPS) is 8.44. The number of ketones is 1. The number of carbonyl (C=O) groups excluding carboxylic acids is 1. The first-order valence-electron chi connectivity index (χ1n) is 2.23. The summed E-state index contributed by atoms with van der Waals surface area (Å²) in [7, 11) is 0. The molecule has 0 aromatic rings. The van der Waals surface area contributed by atoms with Crippen molar-refractivity contribution in [3.8, 4) is 0 Å². The molecular weight excluding hydrogens is 234 g/mol. The third kappa shape index (κ3) is 4.27. The van der Waals surface area contributed by atoms with E-state index in [4.69, 9.17) is 5.11 Å². The average Bonchev–Trinajstić information content (AvgIpc) is 1.82. The Bertz CT molecular complexity index is 142. The van der Waals surface area contributed by atoms with Crippen LogP contribution in [-0.4, -0.2) is 38.5 Å². The second-order valence-corrected chi connectivity index (χ2v) is 3.34. The van der Waals surface area contributed by atoms with Crippen LogP contribution in [0.5, 0.6) is 0 Å². The van der Waals surface area contributed by atoms with Gasteiger partial charge in [0.15, 0.2) is 0 Å². The summed E-state index contributed by atoms with van der Waals surface area (Å²) in [5.41, 5.74) is 0. The molecule has 0 aliphatic rings. The third-order valence-corrected chi connectivity index (χ3v) is 1.83. The van der Waals surface area contributed by atoms with Crippen LogP contribution < -0.4 is 0 Å². The number of Topliss-reactive ketones (excluding diaryl/α,β-unsaturated/α-hetero) is 1.